The maximum atomic E-state index is 12.4. The number of ether oxygens (including phenoxy) is 1. The van der Waals surface area contributed by atoms with Crippen molar-refractivity contribution in [2.45, 2.75) is 6.92 Å². The molecule has 0 aliphatic heterocycles. The van der Waals surface area contributed by atoms with Crippen LogP contribution in [0.15, 0.2) is 60.7 Å². The van der Waals surface area contributed by atoms with E-state index in [9.17, 15) is 4.79 Å². The number of H-pyrrole nitrogens is 1. The lowest BCUT2D eigenvalue weighted by molar-refractivity contribution is 0.102. The Bertz CT molecular complexity index is 797. The fraction of sp³-hybridized carbons (Fsp3) is 0.111. The van der Waals surface area contributed by atoms with Crippen molar-refractivity contribution in [3.63, 3.8) is 0 Å². The normalized spacial score (nSPS) is 10.3. The van der Waals surface area contributed by atoms with Gasteiger partial charge in [0.15, 0.2) is 0 Å². The summed E-state index contributed by atoms with van der Waals surface area (Å²) in [5.41, 5.74) is 2.72. The second-order valence-corrected chi connectivity index (χ2v) is 4.92. The maximum Gasteiger partial charge on any atom is 0.273 e. The third kappa shape index (κ3) is 3.40. The van der Waals surface area contributed by atoms with Gasteiger partial charge in [-0.2, -0.15) is 5.10 Å². The number of nitrogens with one attached hydrogen (secondary N) is 2. The number of hydrogen-bond acceptors (Lipinski definition) is 3. The van der Waals surface area contributed by atoms with E-state index in [2.05, 4.69) is 15.5 Å². The van der Waals surface area contributed by atoms with Gasteiger partial charge in [0, 0.05) is 5.56 Å². The number of para-hydroxylation sites is 2. The van der Waals surface area contributed by atoms with Crippen molar-refractivity contribution < 1.29 is 9.53 Å². The monoisotopic (exact) mass is 307 g/mol. The van der Waals surface area contributed by atoms with Crippen molar-refractivity contribution in [2.24, 2.45) is 0 Å². The van der Waals surface area contributed by atoms with Crippen molar-refractivity contribution in [2.75, 3.05) is 11.9 Å². The van der Waals surface area contributed by atoms with Crippen molar-refractivity contribution >= 4 is 11.6 Å². The molecule has 1 amide bonds. The van der Waals surface area contributed by atoms with Crippen LogP contribution in [0.5, 0.6) is 5.75 Å². The molecule has 5 heteroatoms. The summed E-state index contributed by atoms with van der Waals surface area (Å²) >= 11 is 0. The number of carbonyl (C=O) groups excluding carboxylic acids is 1. The molecule has 0 spiro atoms. The molecule has 5 nitrogen and oxygen atoms in total. The quantitative estimate of drug-likeness (QED) is 0.755. The molecule has 0 saturated heterocycles. The predicted molar refractivity (Wildman–Crippen MR) is 89.6 cm³/mol. The van der Waals surface area contributed by atoms with E-state index in [1.54, 1.807) is 12.1 Å². The second kappa shape index (κ2) is 6.79. The Morgan fingerprint density at radius 3 is 2.65 bits per heavy atom. The molecule has 23 heavy (non-hydrogen) atoms. The van der Waals surface area contributed by atoms with Gasteiger partial charge in [0.25, 0.3) is 5.91 Å². The van der Waals surface area contributed by atoms with Gasteiger partial charge in [0.05, 0.1) is 18.0 Å². The minimum Gasteiger partial charge on any atom is -0.492 e. The molecule has 116 valence electrons. The third-order valence-corrected chi connectivity index (χ3v) is 3.33. The molecule has 3 rings (SSSR count). The Morgan fingerprint density at radius 1 is 1.13 bits per heavy atom. The fourth-order valence-corrected chi connectivity index (χ4v) is 2.24. The highest BCUT2D eigenvalue weighted by Gasteiger charge is 2.13. The molecule has 2 aromatic carbocycles. The molecule has 0 fully saturated rings. The zero-order valence-corrected chi connectivity index (χ0v) is 12.7. The number of benzene rings is 2. The molecule has 0 saturated carbocycles. The molecule has 0 aliphatic carbocycles. The Labute approximate surface area is 134 Å². The van der Waals surface area contributed by atoms with E-state index in [1.807, 2.05) is 55.5 Å². The van der Waals surface area contributed by atoms with E-state index >= 15 is 0 Å². The van der Waals surface area contributed by atoms with Gasteiger partial charge < -0.3 is 10.1 Å². The van der Waals surface area contributed by atoms with Crippen LogP contribution in [0.1, 0.15) is 17.4 Å². The topological polar surface area (TPSA) is 67.0 Å². The molecule has 1 heterocycles. The molecule has 0 radical (unpaired) electrons. The number of aromatic nitrogens is 2. The van der Waals surface area contributed by atoms with Gasteiger partial charge in [0.2, 0.25) is 0 Å². The van der Waals surface area contributed by atoms with E-state index in [0.29, 0.717) is 23.7 Å². The van der Waals surface area contributed by atoms with Crippen molar-refractivity contribution in [1.82, 2.24) is 10.2 Å². The lowest BCUT2D eigenvalue weighted by Gasteiger charge is -2.10. The van der Waals surface area contributed by atoms with Gasteiger partial charge in [-0.15, -0.1) is 0 Å². The highest BCUT2D eigenvalue weighted by molar-refractivity contribution is 6.04. The number of carbonyl (C=O) groups is 1. The second-order valence-electron chi connectivity index (χ2n) is 4.92. The van der Waals surface area contributed by atoms with Gasteiger partial charge in [-0.25, -0.2) is 0 Å². The summed E-state index contributed by atoms with van der Waals surface area (Å²) in [7, 11) is 0. The van der Waals surface area contributed by atoms with Crippen LogP contribution in [0.2, 0.25) is 0 Å². The highest BCUT2D eigenvalue weighted by atomic mass is 16.5. The summed E-state index contributed by atoms with van der Waals surface area (Å²) in [6.45, 7) is 2.44. The summed E-state index contributed by atoms with van der Waals surface area (Å²) in [5, 5.41) is 9.80. The first-order valence-electron chi connectivity index (χ1n) is 7.42. The summed E-state index contributed by atoms with van der Waals surface area (Å²) in [5.74, 6) is 0.387. The third-order valence-electron chi connectivity index (χ3n) is 3.33. The van der Waals surface area contributed by atoms with Crippen LogP contribution in [-0.2, 0) is 0 Å². The average molecular weight is 307 g/mol. The number of aromatic amines is 1. The zero-order valence-electron chi connectivity index (χ0n) is 12.7. The Kier molecular flexibility index (Phi) is 4.38. The highest BCUT2D eigenvalue weighted by Crippen LogP contribution is 2.24. The zero-order chi connectivity index (χ0) is 16.1. The van der Waals surface area contributed by atoms with Gasteiger partial charge in [-0.1, -0.05) is 42.5 Å². The number of anilines is 1. The fourth-order valence-electron chi connectivity index (χ4n) is 2.24. The average Bonchev–Trinajstić information content (AvgIpc) is 3.08. The molecule has 0 aliphatic rings. The number of hydrogen-bond donors (Lipinski definition) is 2. The molecular weight excluding hydrogens is 290 g/mol. The van der Waals surface area contributed by atoms with Crippen LogP contribution >= 0.6 is 0 Å². The van der Waals surface area contributed by atoms with Crippen LogP contribution < -0.4 is 10.1 Å². The van der Waals surface area contributed by atoms with Crippen molar-refractivity contribution in [3.05, 3.63) is 66.4 Å². The number of rotatable bonds is 5. The van der Waals surface area contributed by atoms with Crippen LogP contribution in [-0.4, -0.2) is 22.7 Å². The van der Waals surface area contributed by atoms with E-state index in [-0.39, 0.29) is 5.91 Å². The summed E-state index contributed by atoms with van der Waals surface area (Å²) in [6, 6.07) is 18.8. The number of nitrogens with zero attached hydrogens (tertiary/aromatic N) is 1. The largest absolute Gasteiger partial charge is 0.492 e. The van der Waals surface area contributed by atoms with Crippen molar-refractivity contribution in [3.8, 4) is 17.0 Å². The maximum absolute atomic E-state index is 12.4. The van der Waals surface area contributed by atoms with E-state index in [1.165, 1.54) is 0 Å². The van der Waals surface area contributed by atoms with Crippen LogP contribution in [0.25, 0.3) is 11.3 Å². The molecule has 0 unspecified atom stereocenters. The number of amides is 1. The minimum atomic E-state index is -0.258. The predicted octanol–water partition coefficient (Wildman–Crippen LogP) is 3.73. The SMILES string of the molecule is CCOc1ccccc1NC(=O)c1cc(-c2ccccc2)n[nH]1. The smallest absolute Gasteiger partial charge is 0.273 e. The van der Waals surface area contributed by atoms with E-state index in [4.69, 9.17) is 4.74 Å². The van der Waals surface area contributed by atoms with Gasteiger partial charge in [0.1, 0.15) is 11.4 Å². The Morgan fingerprint density at radius 2 is 1.87 bits per heavy atom. The summed E-state index contributed by atoms with van der Waals surface area (Å²) in [4.78, 5) is 12.4. The summed E-state index contributed by atoms with van der Waals surface area (Å²) in [6.07, 6.45) is 0. The first kappa shape index (κ1) is 14.8. The van der Waals surface area contributed by atoms with Crippen LogP contribution in [0.4, 0.5) is 5.69 Å². The molecule has 2 N–H and O–H groups in total. The molecule has 3 aromatic rings. The first-order valence-corrected chi connectivity index (χ1v) is 7.42. The molecule has 1 aromatic heterocycles. The standard InChI is InChI=1S/C18H17N3O2/c1-2-23-17-11-7-6-10-14(17)19-18(22)16-12-15(20-21-16)13-8-4-3-5-9-13/h3-12H,2H2,1H3,(H,19,22)(H,20,21). The van der Waals surface area contributed by atoms with E-state index in [0.717, 1.165) is 11.3 Å². The summed E-state index contributed by atoms with van der Waals surface area (Å²) < 4.78 is 5.51. The Hall–Kier alpha value is -3.08. The van der Waals surface area contributed by atoms with Gasteiger partial charge >= 0.3 is 0 Å². The van der Waals surface area contributed by atoms with E-state index < -0.39 is 0 Å². The lowest BCUT2D eigenvalue weighted by Crippen LogP contribution is -2.13. The van der Waals surface area contributed by atoms with Crippen LogP contribution in [0, 0.1) is 0 Å². The first-order chi connectivity index (χ1) is 11.3. The van der Waals surface area contributed by atoms with Gasteiger partial charge in [-0.3, -0.25) is 9.89 Å². The molecular formula is C18H17N3O2. The molecule has 0 bridgehead atoms. The molecule has 0 atom stereocenters. The van der Waals surface area contributed by atoms with Crippen LogP contribution in [0.3, 0.4) is 0 Å². The van der Waals surface area contributed by atoms with Gasteiger partial charge in [-0.05, 0) is 25.1 Å². The lowest BCUT2D eigenvalue weighted by atomic mass is 10.1. The Balaban J connectivity index is 1.78. The minimum absolute atomic E-state index is 0.258. The van der Waals surface area contributed by atoms with Crippen molar-refractivity contribution in [1.29, 1.82) is 0 Å².